The van der Waals surface area contributed by atoms with E-state index >= 15 is 0 Å². The number of rotatable bonds is 4. The molecule has 0 saturated heterocycles. The van der Waals surface area contributed by atoms with Crippen LogP contribution in [0.15, 0.2) is 72.8 Å². The minimum atomic E-state index is -2.41. The second kappa shape index (κ2) is 6.66. The monoisotopic (exact) mass is 328 g/mol. The number of carbonyl (C=O) groups excluding carboxylic acids is 1. The van der Waals surface area contributed by atoms with Crippen molar-refractivity contribution in [1.29, 1.82) is 0 Å². The van der Waals surface area contributed by atoms with Crippen molar-refractivity contribution in [1.82, 2.24) is 0 Å². The molecule has 0 aliphatic rings. The lowest BCUT2D eigenvalue weighted by Gasteiger charge is -2.06. The number of hydrogen-bond acceptors (Lipinski definition) is 1. The van der Waals surface area contributed by atoms with Crippen LogP contribution in [0.2, 0.25) is 0 Å². The first kappa shape index (κ1) is 15.9. The highest BCUT2D eigenvalue weighted by Crippen LogP contribution is 2.22. The van der Waals surface area contributed by atoms with Crippen LogP contribution in [0.25, 0.3) is 16.7 Å². The summed E-state index contributed by atoms with van der Waals surface area (Å²) in [5, 5.41) is 0.731. The van der Waals surface area contributed by atoms with Crippen molar-refractivity contribution in [2.45, 2.75) is 6.54 Å². The molecule has 0 N–H and O–H groups in total. The number of benzene rings is 2. The van der Waals surface area contributed by atoms with E-state index in [0.717, 1.165) is 5.39 Å². The number of aromatic nitrogens is 1. The van der Waals surface area contributed by atoms with Crippen molar-refractivity contribution in [3.05, 3.63) is 84.1 Å². The summed E-state index contributed by atoms with van der Waals surface area (Å²) < 4.78 is 40.7. The van der Waals surface area contributed by atoms with E-state index in [4.69, 9.17) is 0 Å². The number of hydrogen-bond donors (Lipinski definition) is 0. The summed E-state index contributed by atoms with van der Waals surface area (Å²) in [6.07, 6.45) is -2.41. The maximum atomic E-state index is 13.9. The Morgan fingerprint density at radius 3 is 2.21 bits per heavy atom. The number of nitrogens with zero attached hydrogens (tertiary/aromatic N) is 1. The fourth-order valence-corrected chi connectivity index (χ4v) is 2.58. The molecule has 1 aromatic heterocycles. The van der Waals surface area contributed by atoms with E-state index in [9.17, 15) is 18.0 Å². The van der Waals surface area contributed by atoms with Gasteiger partial charge in [0.15, 0.2) is 0 Å². The molecule has 3 rings (SSSR count). The van der Waals surface area contributed by atoms with Gasteiger partial charge in [0.25, 0.3) is 5.83 Å². The number of carbonyl (C=O) groups is 1. The third-order valence-corrected chi connectivity index (χ3v) is 3.73. The lowest BCUT2D eigenvalue weighted by molar-refractivity contribution is -0.660. The zero-order valence-corrected chi connectivity index (χ0v) is 12.5. The number of para-hydroxylation sites is 1. The van der Waals surface area contributed by atoms with Crippen LogP contribution < -0.4 is 4.57 Å². The van der Waals surface area contributed by atoms with E-state index in [0.29, 0.717) is 11.1 Å². The first-order valence-corrected chi connectivity index (χ1v) is 7.29. The maximum absolute atomic E-state index is 13.9. The Labute approximate surface area is 136 Å². The Balaban J connectivity index is 2.15. The van der Waals surface area contributed by atoms with Gasteiger partial charge in [-0.15, -0.1) is 0 Å². The number of ketones is 1. The van der Waals surface area contributed by atoms with Crippen LogP contribution in [-0.2, 0) is 6.54 Å². The molecule has 0 aliphatic carbocycles. The summed E-state index contributed by atoms with van der Waals surface area (Å²) in [5.74, 6) is -1.91. The summed E-state index contributed by atoms with van der Waals surface area (Å²) in [6, 6.07) is 18.2. The highest BCUT2D eigenvalue weighted by atomic mass is 19.3. The fourth-order valence-electron chi connectivity index (χ4n) is 2.58. The van der Waals surface area contributed by atoms with E-state index in [1.807, 2.05) is 0 Å². The van der Waals surface area contributed by atoms with Crippen LogP contribution >= 0.6 is 0 Å². The molecule has 0 saturated carbocycles. The molecule has 0 bridgehead atoms. The zero-order valence-electron chi connectivity index (χ0n) is 12.5. The van der Waals surface area contributed by atoms with Crippen molar-refractivity contribution >= 4 is 22.5 Å². The van der Waals surface area contributed by atoms with Gasteiger partial charge in [-0.2, -0.15) is 17.7 Å². The maximum Gasteiger partial charge on any atom is 0.312 e. The van der Waals surface area contributed by atoms with Crippen LogP contribution in [-0.4, -0.2) is 5.78 Å². The predicted octanol–water partition coefficient (Wildman–Crippen LogP) is 4.54. The quantitative estimate of drug-likeness (QED) is 0.509. The van der Waals surface area contributed by atoms with Gasteiger partial charge in [-0.3, -0.25) is 4.79 Å². The van der Waals surface area contributed by atoms with Gasteiger partial charge in [0, 0.05) is 23.1 Å². The van der Waals surface area contributed by atoms with Gasteiger partial charge < -0.3 is 0 Å². The lowest BCUT2D eigenvalue weighted by atomic mass is 10.1. The molecule has 0 aliphatic heterocycles. The van der Waals surface area contributed by atoms with E-state index in [1.165, 1.54) is 10.6 Å². The Morgan fingerprint density at radius 1 is 0.833 bits per heavy atom. The van der Waals surface area contributed by atoms with Gasteiger partial charge >= 0.3 is 6.08 Å². The highest BCUT2D eigenvalue weighted by molar-refractivity contribution is 5.95. The number of fused-ring (bicyclic) bond motifs is 1. The van der Waals surface area contributed by atoms with E-state index in [-0.39, 0.29) is 18.0 Å². The van der Waals surface area contributed by atoms with Crippen molar-refractivity contribution in [2.75, 3.05) is 0 Å². The van der Waals surface area contributed by atoms with E-state index in [2.05, 4.69) is 0 Å². The summed E-state index contributed by atoms with van der Waals surface area (Å²) in [7, 11) is 0. The Morgan fingerprint density at radius 2 is 1.50 bits per heavy atom. The molecule has 1 heterocycles. The topological polar surface area (TPSA) is 20.9 Å². The predicted molar refractivity (Wildman–Crippen MR) is 85.2 cm³/mol. The highest BCUT2D eigenvalue weighted by Gasteiger charge is 2.25. The van der Waals surface area contributed by atoms with Gasteiger partial charge in [0.05, 0.1) is 0 Å². The van der Waals surface area contributed by atoms with Gasteiger partial charge in [-0.1, -0.05) is 42.5 Å². The minimum Gasteiger partial charge on any atom is -0.287 e. The lowest BCUT2D eigenvalue weighted by Crippen LogP contribution is -2.42. The van der Waals surface area contributed by atoms with Crippen molar-refractivity contribution in [3.63, 3.8) is 0 Å². The molecule has 24 heavy (non-hydrogen) atoms. The van der Waals surface area contributed by atoms with Gasteiger partial charge in [0.2, 0.25) is 23.5 Å². The van der Waals surface area contributed by atoms with Crippen molar-refractivity contribution < 1.29 is 22.5 Å². The molecule has 0 amide bonds. The molecule has 0 spiro atoms. The third kappa shape index (κ3) is 3.06. The van der Waals surface area contributed by atoms with Crippen LogP contribution in [0.3, 0.4) is 0 Å². The largest absolute Gasteiger partial charge is 0.312 e. The molecule has 0 unspecified atom stereocenters. The SMILES string of the molecule is O=C(C[n+]1c(C(F)=C(F)F)ccc2ccccc21)c1ccccc1. The molecule has 120 valence electrons. The number of Topliss-reactive ketones (excluding diaryl/α,β-unsaturated/α-hetero) is 1. The van der Waals surface area contributed by atoms with Crippen molar-refractivity contribution in [2.24, 2.45) is 0 Å². The van der Waals surface area contributed by atoms with Crippen molar-refractivity contribution in [3.8, 4) is 0 Å². The molecular formula is C19H13F3NO+. The summed E-state index contributed by atoms with van der Waals surface area (Å²) in [6.45, 7) is -0.235. The smallest absolute Gasteiger partial charge is 0.287 e. The van der Waals surface area contributed by atoms with Crippen LogP contribution in [0, 0.1) is 0 Å². The summed E-state index contributed by atoms with van der Waals surface area (Å²) >= 11 is 0. The number of pyridine rings is 1. The average molecular weight is 328 g/mol. The first-order valence-electron chi connectivity index (χ1n) is 7.29. The number of halogens is 3. The normalized spacial score (nSPS) is 10.6. The van der Waals surface area contributed by atoms with E-state index < -0.39 is 11.9 Å². The Hall–Kier alpha value is -2.95. The second-order valence-electron chi connectivity index (χ2n) is 5.23. The summed E-state index contributed by atoms with van der Waals surface area (Å²) in [4.78, 5) is 12.5. The van der Waals surface area contributed by atoms with Gasteiger partial charge in [0.1, 0.15) is 0 Å². The first-order chi connectivity index (χ1) is 11.6. The summed E-state index contributed by atoms with van der Waals surface area (Å²) in [5.41, 5.74) is 0.627. The van der Waals surface area contributed by atoms with Gasteiger partial charge in [-0.25, -0.2) is 0 Å². The van der Waals surface area contributed by atoms with E-state index in [1.54, 1.807) is 60.7 Å². The molecule has 2 aromatic carbocycles. The molecule has 3 aromatic rings. The molecule has 0 radical (unpaired) electrons. The molecule has 0 fully saturated rings. The van der Waals surface area contributed by atoms with Crippen LogP contribution in [0.4, 0.5) is 13.2 Å². The molecule has 2 nitrogen and oxygen atoms in total. The standard InChI is InChI=1S/C19H13F3NO/c20-18(19(21)22)16-11-10-13-6-4-5-9-15(13)23(16)12-17(24)14-7-2-1-3-8-14/h1-11H,12H2/q+1. The Bertz CT molecular complexity index is 932. The van der Waals surface area contributed by atoms with Crippen LogP contribution in [0.5, 0.6) is 0 Å². The second-order valence-corrected chi connectivity index (χ2v) is 5.23. The van der Waals surface area contributed by atoms with Gasteiger partial charge in [-0.05, 0) is 12.1 Å². The molecular weight excluding hydrogens is 315 g/mol. The fraction of sp³-hybridized carbons (Fsp3) is 0.0526. The zero-order chi connectivity index (χ0) is 17.1. The molecule has 0 atom stereocenters. The molecule has 5 heteroatoms. The third-order valence-electron chi connectivity index (χ3n) is 3.73. The van der Waals surface area contributed by atoms with Crippen LogP contribution in [0.1, 0.15) is 16.1 Å². The minimum absolute atomic E-state index is 0.235. The average Bonchev–Trinajstić information content (AvgIpc) is 2.62. The Kier molecular flexibility index (Phi) is 4.42.